The average molecular weight is 1060 g/mol. The predicted octanol–water partition coefficient (Wildman–Crippen LogP) is 22.2. The summed E-state index contributed by atoms with van der Waals surface area (Å²) in [7, 11) is 0. The first kappa shape index (κ1) is 73.9. The number of hydrogen-bond donors (Lipinski definition) is 3. The first-order valence-corrected chi connectivity index (χ1v) is 34.8. The van der Waals surface area contributed by atoms with Gasteiger partial charge in [0.2, 0.25) is 5.91 Å². The number of aliphatic hydroxyl groups excluding tert-OH is 2. The minimum absolute atomic E-state index is 0.0131. The van der Waals surface area contributed by atoms with Crippen LogP contribution in [-0.2, 0) is 14.3 Å². The van der Waals surface area contributed by atoms with Crippen molar-refractivity contribution in [2.75, 3.05) is 13.2 Å². The van der Waals surface area contributed by atoms with Gasteiger partial charge in [0.15, 0.2) is 0 Å². The molecule has 3 N–H and O–H groups in total. The molecule has 0 saturated heterocycles. The van der Waals surface area contributed by atoms with Gasteiger partial charge in [-0.1, -0.05) is 367 Å². The molecule has 2 atom stereocenters. The minimum Gasteiger partial charge on any atom is -0.466 e. The zero-order valence-corrected chi connectivity index (χ0v) is 51.3. The summed E-state index contributed by atoms with van der Waals surface area (Å²) < 4.78 is 5.50. The van der Waals surface area contributed by atoms with Gasteiger partial charge in [-0.15, -0.1) is 0 Å². The summed E-state index contributed by atoms with van der Waals surface area (Å²) in [6.07, 6.45) is 78.5. The summed E-state index contributed by atoms with van der Waals surface area (Å²) in [4.78, 5) is 24.6. The molecule has 0 aliphatic rings. The second-order valence-electron chi connectivity index (χ2n) is 24.2. The van der Waals surface area contributed by atoms with E-state index in [1.807, 2.05) is 0 Å². The van der Waals surface area contributed by atoms with Gasteiger partial charge in [0.1, 0.15) is 0 Å². The Hall–Kier alpha value is -1.14. The molecule has 448 valence electrons. The molecular weight excluding hydrogens is 923 g/mol. The van der Waals surface area contributed by atoms with Crippen molar-refractivity contribution in [1.29, 1.82) is 0 Å². The van der Waals surface area contributed by atoms with Crippen LogP contribution in [0.4, 0.5) is 0 Å². The molecule has 0 spiro atoms. The lowest BCUT2D eigenvalue weighted by Gasteiger charge is -2.22. The van der Waals surface area contributed by atoms with E-state index in [2.05, 4.69) is 19.2 Å². The van der Waals surface area contributed by atoms with E-state index in [9.17, 15) is 19.8 Å². The predicted molar refractivity (Wildman–Crippen MR) is 329 cm³/mol. The molecule has 0 aromatic rings. The fraction of sp³-hybridized carbons (Fsp3) is 0.971. The average Bonchev–Trinajstić information content (AvgIpc) is 3.41. The van der Waals surface area contributed by atoms with Gasteiger partial charge in [0.05, 0.1) is 25.4 Å². The van der Waals surface area contributed by atoms with E-state index in [0.717, 1.165) is 38.5 Å². The summed E-state index contributed by atoms with van der Waals surface area (Å²) in [5.41, 5.74) is 0. The second-order valence-corrected chi connectivity index (χ2v) is 24.2. The summed E-state index contributed by atoms with van der Waals surface area (Å²) in [6, 6.07) is -0.545. The van der Waals surface area contributed by atoms with Gasteiger partial charge in [0, 0.05) is 12.8 Å². The highest BCUT2D eigenvalue weighted by Crippen LogP contribution is 2.19. The van der Waals surface area contributed by atoms with Gasteiger partial charge in [-0.2, -0.15) is 0 Å². The molecule has 0 heterocycles. The number of nitrogens with one attached hydrogen (secondary N) is 1. The fourth-order valence-electron chi connectivity index (χ4n) is 11.4. The van der Waals surface area contributed by atoms with Crippen molar-refractivity contribution in [3.8, 4) is 0 Å². The van der Waals surface area contributed by atoms with Crippen molar-refractivity contribution in [3.63, 3.8) is 0 Å². The number of amides is 1. The van der Waals surface area contributed by atoms with Crippen LogP contribution in [0.15, 0.2) is 0 Å². The summed E-state index contributed by atoms with van der Waals surface area (Å²) in [6.45, 7) is 5.00. The molecule has 2 unspecified atom stereocenters. The molecule has 0 aromatic heterocycles. The molecule has 0 bridgehead atoms. The van der Waals surface area contributed by atoms with E-state index in [1.165, 1.54) is 334 Å². The lowest BCUT2D eigenvalue weighted by atomic mass is 10.0. The van der Waals surface area contributed by atoms with Crippen molar-refractivity contribution in [3.05, 3.63) is 0 Å². The van der Waals surface area contributed by atoms with Crippen LogP contribution in [0.25, 0.3) is 0 Å². The largest absolute Gasteiger partial charge is 0.466 e. The molecule has 1 amide bonds. The van der Waals surface area contributed by atoms with Crippen molar-refractivity contribution < 1.29 is 24.5 Å². The third-order valence-electron chi connectivity index (χ3n) is 16.7. The van der Waals surface area contributed by atoms with E-state index in [-0.39, 0.29) is 18.5 Å². The maximum atomic E-state index is 12.5. The molecule has 0 rings (SSSR count). The zero-order valence-electron chi connectivity index (χ0n) is 51.3. The first-order valence-electron chi connectivity index (χ1n) is 34.8. The molecule has 0 fully saturated rings. The van der Waals surface area contributed by atoms with Crippen LogP contribution in [0.1, 0.15) is 406 Å². The van der Waals surface area contributed by atoms with Crippen LogP contribution in [0.3, 0.4) is 0 Å². The standard InChI is InChI=1S/C69H137NO5/c1-3-5-7-9-11-13-15-17-19-21-22-23-24-25-26-30-33-37-41-45-49-53-57-61-67(72)66(65-71)70-68(73)62-58-54-50-46-42-38-34-31-27-28-32-36-40-44-48-52-56-60-64-75-69(74)63-59-55-51-47-43-39-35-29-20-18-16-14-12-10-8-6-4-2/h66-67,71-72H,3-65H2,1-2H3,(H,70,73). The first-order chi connectivity index (χ1) is 37.0. The van der Waals surface area contributed by atoms with Crippen LogP contribution in [0.2, 0.25) is 0 Å². The Morgan fingerprint density at radius 2 is 0.547 bits per heavy atom. The summed E-state index contributed by atoms with van der Waals surface area (Å²) >= 11 is 0. The molecular formula is C69H137NO5. The molecule has 0 aliphatic carbocycles. The van der Waals surface area contributed by atoms with Crippen LogP contribution >= 0.6 is 0 Å². The number of ether oxygens (including phenoxy) is 1. The molecule has 0 aliphatic heterocycles. The molecule has 6 heteroatoms. The number of rotatable bonds is 66. The topological polar surface area (TPSA) is 95.9 Å². The Morgan fingerprint density at radius 3 is 0.813 bits per heavy atom. The van der Waals surface area contributed by atoms with Crippen molar-refractivity contribution >= 4 is 11.9 Å². The maximum Gasteiger partial charge on any atom is 0.305 e. The van der Waals surface area contributed by atoms with Gasteiger partial charge in [-0.3, -0.25) is 9.59 Å². The van der Waals surface area contributed by atoms with Crippen LogP contribution < -0.4 is 5.32 Å². The maximum absolute atomic E-state index is 12.5. The van der Waals surface area contributed by atoms with Gasteiger partial charge in [0.25, 0.3) is 0 Å². The minimum atomic E-state index is -0.667. The normalized spacial score (nSPS) is 12.4. The SMILES string of the molecule is CCCCCCCCCCCCCCCCCCCCCCCCCC(O)C(CO)NC(=O)CCCCCCCCCCCCCCCCCCCCOC(=O)CCCCCCCCCCCCCCCCCCC. The van der Waals surface area contributed by atoms with Gasteiger partial charge in [-0.05, 0) is 25.7 Å². The Bertz CT molecular complexity index is 1080. The van der Waals surface area contributed by atoms with Gasteiger partial charge >= 0.3 is 5.97 Å². The third kappa shape index (κ3) is 61.9. The monoisotopic (exact) mass is 1060 g/mol. The third-order valence-corrected chi connectivity index (χ3v) is 16.7. The molecule has 0 radical (unpaired) electrons. The second kappa shape index (κ2) is 65.4. The molecule has 0 saturated carbocycles. The smallest absolute Gasteiger partial charge is 0.305 e. The molecule has 6 nitrogen and oxygen atoms in total. The van der Waals surface area contributed by atoms with Crippen LogP contribution in [0.5, 0.6) is 0 Å². The summed E-state index contributed by atoms with van der Waals surface area (Å²) in [5, 5.41) is 23.4. The lowest BCUT2D eigenvalue weighted by Crippen LogP contribution is -2.45. The number of aliphatic hydroxyl groups is 2. The lowest BCUT2D eigenvalue weighted by molar-refractivity contribution is -0.143. The Kier molecular flexibility index (Phi) is 64.4. The van der Waals surface area contributed by atoms with E-state index in [4.69, 9.17) is 4.74 Å². The van der Waals surface area contributed by atoms with Gasteiger partial charge in [-0.25, -0.2) is 0 Å². The van der Waals surface area contributed by atoms with Gasteiger partial charge < -0.3 is 20.3 Å². The van der Waals surface area contributed by atoms with Crippen LogP contribution in [-0.4, -0.2) is 47.4 Å². The van der Waals surface area contributed by atoms with Crippen molar-refractivity contribution in [1.82, 2.24) is 5.32 Å². The fourth-order valence-corrected chi connectivity index (χ4v) is 11.4. The van der Waals surface area contributed by atoms with E-state index < -0.39 is 12.1 Å². The van der Waals surface area contributed by atoms with Crippen LogP contribution in [0, 0.1) is 0 Å². The highest BCUT2D eigenvalue weighted by molar-refractivity contribution is 5.76. The summed E-state index contributed by atoms with van der Waals surface area (Å²) in [5.74, 6) is -0.0201. The Balaban J connectivity index is 3.38. The number of unbranched alkanes of at least 4 members (excludes halogenated alkanes) is 55. The van der Waals surface area contributed by atoms with Crippen molar-refractivity contribution in [2.24, 2.45) is 0 Å². The van der Waals surface area contributed by atoms with E-state index >= 15 is 0 Å². The quantitative estimate of drug-likeness (QED) is 0.0417. The highest BCUT2D eigenvalue weighted by atomic mass is 16.5. The molecule has 0 aromatic carbocycles. The van der Waals surface area contributed by atoms with E-state index in [1.54, 1.807) is 0 Å². The highest BCUT2D eigenvalue weighted by Gasteiger charge is 2.20. The zero-order chi connectivity index (χ0) is 54.3. The number of hydrogen-bond acceptors (Lipinski definition) is 5. The molecule has 75 heavy (non-hydrogen) atoms. The Morgan fingerprint density at radius 1 is 0.320 bits per heavy atom. The Labute approximate surface area is 470 Å². The van der Waals surface area contributed by atoms with E-state index in [0.29, 0.717) is 25.9 Å². The number of carbonyl (C=O) groups is 2. The number of esters is 1. The van der Waals surface area contributed by atoms with Crippen molar-refractivity contribution in [2.45, 2.75) is 418 Å². The number of carbonyl (C=O) groups excluding carboxylic acids is 2.